The Hall–Kier alpha value is -1.94. The number of fused-ring (bicyclic) bond motifs is 1. The molecule has 92 valence electrons. The van der Waals surface area contributed by atoms with Gasteiger partial charge in [0.1, 0.15) is 5.82 Å². The Labute approximate surface area is 112 Å². The highest BCUT2D eigenvalue weighted by molar-refractivity contribution is 7.80. The Morgan fingerprint density at radius 2 is 2.22 bits per heavy atom. The van der Waals surface area contributed by atoms with Crippen LogP contribution in [0.1, 0.15) is 5.56 Å². The lowest BCUT2D eigenvalue weighted by Gasteiger charge is -2.09. The summed E-state index contributed by atoms with van der Waals surface area (Å²) in [7, 11) is 0. The van der Waals surface area contributed by atoms with Crippen molar-refractivity contribution in [1.29, 1.82) is 0 Å². The topological polar surface area (TPSA) is 37.0 Å². The van der Waals surface area contributed by atoms with Gasteiger partial charge >= 0.3 is 0 Å². The van der Waals surface area contributed by atoms with Crippen molar-refractivity contribution in [1.82, 2.24) is 10.3 Å². The fraction of sp³-hybridized carbons (Fsp3) is 0.143. The summed E-state index contributed by atoms with van der Waals surface area (Å²) in [6.45, 7) is 6.33. The second-order valence-electron chi connectivity index (χ2n) is 4.02. The van der Waals surface area contributed by atoms with E-state index in [4.69, 9.17) is 12.2 Å². The van der Waals surface area contributed by atoms with Gasteiger partial charge in [0, 0.05) is 11.9 Å². The fourth-order valence-electron chi connectivity index (χ4n) is 1.64. The predicted molar refractivity (Wildman–Crippen MR) is 80.9 cm³/mol. The molecule has 0 fully saturated rings. The maximum atomic E-state index is 5.13. The predicted octanol–water partition coefficient (Wildman–Crippen LogP) is 3.02. The van der Waals surface area contributed by atoms with Gasteiger partial charge in [-0.05, 0) is 43.4 Å². The Morgan fingerprint density at radius 3 is 3.00 bits per heavy atom. The summed E-state index contributed by atoms with van der Waals surface area (Å²) in [6, 6.07) is 10.1. The first-order valence-electron chi connectivity index (χ1n) is 5.72. The Kier molecular flexibility index (Phi) is 3.89. The number of aromatic nitrogens is 1. The van der Waals surface area contributed by atoms with Crippen molar-refractivity contribution in [3.8, 4) is 0 Å². The van der Waals surface area contributed by atoms with Gasteiger partial charge in [-0.25, -0.2) is 4.98 Å². The minimum absolute atomic E-state index is 0.550. The molecule has 0 aliphatic heterocycles. The standard InChI is InChI=1S/C14H15N3S/c1-3-8-15-14(18)17-13-7-5-11-9-10(2)4-6-12(11)16-13/h3-7,9H,1,8H2,2H3,(H2,15,16,17,18). The minimum Gasteiger partial charge on any atom is -0.359 e. The Balaban J connectivity index is 2.17. The number of anilines is 1. The van der Waals surface area contributed by atoms with E-state index in [0.717, 1.165) is 16.7 Å². The minimum atomic E-state index is 0.550. The van der Waals surface area contributed by atoms with Crippen LogP contribution in [0.5, 0.6) is 0 Å². The number of aryl methyl sites for hydroxylation is 1. The van der Waals surface area contributed by atoms with Crippen LogP contribution >= 0.6 is 12.2 Å². The maximum absolute atomic E-state index is 5.13. The van der Waals surface area contributed by atoms with Gasteiger partial charge in [-0.15, -0.1) is 6.58 Å². The molecule has 1 aromatic carbocycles. The molecule has 0 radical (unpaired) electrons. The van der Waals surface area contributed by atoms with Crippen molar-refractivity contribution in [2.75, 3.05) is 11.9 Å². The van der Waals surface area contributed by atoms with E-state index in [9.17, 15) is 0 Å². The molecule has 0 aliphatic carbocycles. The molecule has 0 spiro atoms. The van der Waals surface area contributed by atoms with Gasteiger partial charge < -0.3 is 10.6 Å². The highest BCUT2D eigenvalue weighted by Crippen LogP contribution is 2.16. The van der Waals surface area contributed by atoms with E-state index in [-0.39, 0.29) is 0 Å². The summed E-state index contributed by atoms with van der Waals surface area (Å²) in [5.74, 6) is 0.743. The summed E-state index contributed by atoms with van der Waals surface area (Å²) in [5, 5.41) is 7.73. The molecule has 4 heteroatoms. The van der Waals surface area contributed by atoms with Crippen molar-refractivity contribution >= 4 is 34.1 Å². The molecule has 0 unspecified atom stereocenters. The van der Waals surface area contributed by atoms with Gasteiger partial charge in [0.2, 0.25) is 0 Å². The third-order valence-corrected chi connectivity index (χ3v) is 2.74. The first-order chi connectivity index (χ1) is 8.69. The molecular weight excluding hydrogens is 242 g/mol. The number of nitrogens with zero attached hydrogens (tertiary/aromatic N) is 1. The fourth-order valence-corrected chi connectivity index (χ4v) is 1.83. The largest absolute Gasteiger partial charge is 0.359 e. The van der Waals surface area contributed by atoms with E-state index >= 15 is 0 Å². The Bertz CT molecular complexity index is 593. The molecule has 1 aromatic heterocycles. The molecule has 2 rings (SSSR count). The van der Waals surface area contributed by atoms with E-state index < -0.39 is 0 Å². The van der Waals surface area contributed by atoms with Crippen molar-refractivity contribution in [2.24, 2.45) is 0 Å². The SMILES string of the molecule is C=CCNC(=S)Nc1ccc2cc(C)ccc2n1. The molecule has 3 nitrogen and oxygen atoms in total. The van der Waals surface area contributed by atoms with Crippen LogP contribution in [0.25, 0.3) is 10.9 Å². The van der Waals surface area contributed by atoms with Crippen LogP contribution in [-0.4, -0.2) is 16.6 Å². The maximum Gasteiger partial charge on any atom is 0.172 e. The molecule has 2 N–H and O–H groups in total. The van der Waals surface area contributed by atoms with Gasteiger partial charge in [0.25, 0.3) is 0 Å². The van der Waals surface area contributed by atoms with Crippen molar-refractivity contribution in [2.45, 2.75) is 6.92 Å². The molecule has 2 aromatic rings. The Morgan fingerprint density at radius 1 is 1.39 bits per heavy atom. The first kappa shape index (κ1) is 12.5. The molecule has 0 saturated carbocycles. The van der Waals surface area contributed by atoms with Crippen LogP contribution in [0.4, 0.5) is 5.82 Å². The molecule has 0 amide bonds. The third-order valence-electron chi connectivity index (χ3n) is 2.49. The lowest BCUT2D eigenvalue weighted by molar-refractivity contribution is 1.06. The van der Waals surface area contributed by atoms with Gasteiger partial charge in [-0.3, -0.25) is 0 Å². The number of thiocarbonyl (C=S) groups is 1. The van der Waals surface area contributed by atoms with Crippen LogP contribution in [0.3, 0.4) is 0 Å². The lowest BCUT2D eigenvalue weighted by Crippen LogP contribution is -2.28. The number of hydrogen-bond donors (Lipinski definition) is 2. The van der Waals surface area contributed by atoms with E-state index in [1.807, 2.05) is 24.3 Å². The smallest absolute Gasteiger partial charge is 0.172 e. The van der Waals surface area contributed by atoms with Crippen LogP contribution < -0.4 is 10.6 Å². The average Bonchev–Trinajstić information content (AvgIpc) is 2.36. The number of hydrogen-bond acceptors (Lipinski definition) is 2. The molecule has 18 heavy (non-hydrogen) atoms. The number of rotatable bonds is 3. The van der Waals surface area contributed by atoms with Crippen LogP contribution in [0.15, 0.2) is 43.0 Å². The number of pyridine rings is 1. The van der Waals surface area contributed by atoms with E-state index in [2.05, 4.69) is 35.2 Å². The zero-order valence-corrected chi connectivity index (χ0v) is 11.1. The van der Waals surface area contributed by atoms with Gasteiger partial charge in [0.05, 0.1) is 5.52 Å². The average molecular weight is 257 g/mol. The molecule has 0 bridgehead atoms. The molecule has 0 atom stereocenters. The van der Waals surface area contributed by atoms with Gasteiger partial charge in [-0.2, -0.15) is 0 Å². The summed E-state index contributed by atoms with van der Waals surface area (Å²) in [5.41, 5.74) is 2.19. The molecule has 0 saturated heterocycles. The third kappa shape index (κ3) is 3.05. The monoisotopic (exact) mass is 257 g/mol. The van der Waals surface area contributed by atoms with Crippen molar-refractivity contribution < 1.29 is 0 Å². The van der Waals surface area contributed by atoms with E-state index in [1.165, 1.54) is 5.56 Å². The second-order valence-corrected chi connectivity index (χ2v) is 4.42. The van der Waals surface area contributed by atoms with Crippen molar-refractivity contribution in [3.63, 3.8) is 0 Å². The zero-order chi connectivity index (χ0) is 13.0. The van der Waals surface area contributed by atoms with Gasteiger partial charge in [-0.1, -0.05) is 17.7 Å². The summed E-state index contributed by atoms with van der Waals surface area (Å²) in [4.78, 5) is 4.50. The normalized spacial score (nSPS) is 10.1. The molecule has 1 heterocycles. The first-order valence-corrected chi connectivity index (χ1v) is 6.13. The quantitative estimate of drug-likeness (QED) is 0.654. The highest BCUT2D eigenvalue weighted by Gasteiger charge is 2.00. The summed E-state index contributed by atoms with van der Waals surface area (Å²) < 4.78 is 0. The van der Waals surface area contributed by atoms with Crippen LogP contribution in [-0.2, 0) is 0 Å². The summed E-state index contributed by atoms with van der Waals surface area (Å²) >= 11 is 5.13. The second kappa shape index (κ2) is 5.60. The van der Waals surface area contributed by atoms with Crippen LogP contribution in [0, 0.1) is 6.92 Å². The molecule has 0 aliphatic rings. The van der Waals surface area contributed by atoms with E-state index in [1.54, 1.807) is 6.08 Å². The number of nitrogens with one attached hydrogen (secondary N) is 2. The summed E-state index contributed by atoms with van der Waals surface area (Å²) in [6.07, 6.45) is 1.75. The zero-order valence-electron chi connectivity index (χ0n) is 10.2. The van der Waals surface area contributed by atoms with Crippen LogP contribution in [0.2, 0.25) is 0 Å². The van der Waals surface area contributed by atoms with E-state index in [0.29, 0.717) is 11.7 Å². The van der Waals surface area contributed by atoms with Crippen molar-refractivity contribution in [3.05, 3.63) is 48.6 Å². The number of benzene rings is 1. The highest BCUT2D eigenvalue weighted by atomic mass is 32.1. The van der Waals surface area contributed by atoms with Gasteiger partial charge in [0.15, 0.2) is 5.11 Å². The molecular formula is C14H15N3S. The lowest BCUT2D eigenvalue weighted by atomic mass is 10.1.